The highest BCUT2D eigenvalue weighted by atomic mass is 32.1. The molecule has 1 atom stereocenters. The number of phenolic OH excluding ortho intramolecular Hbond substituents is 1. The third kappa shape index (κ3) is 4.20. The van der Waals surface area contributed by atoms with Crippen molar-refractivity contribution >= 4 is 22.3 Å². The van der Waals surface area contributed by atoms with E-state index in [-0.39, 0.29) is 17.6 Å². The summed E-state index contributed by atoms with van der Waals surface area (Å²) in [4.78, 5) is 5.01. The lowest BCUT2D eigenvalue weighted by Crippen LogP contribution is -2.29. The Kier molecular flexibility index (Phi) is 6.18. The van der Waals surface area contributed by atoms with Crippen LogP contribution in [0.25, 0.3) is 0 Å². The average molecular weight is 458 g/mol. The highest BCUT2D eigenvalue weighted by molar-refractivity contribution is 7.15. The first-order chi connectivity index (χ1) is 15.4. The summed E-state index contributed by atoms with van der Waals surface area (Å²) in [5, 5.41) is 10.9. The van der Waals surface area contributed by atoms with Gasteiger partial charge in [-0.1, -0.05) is 23.5 Å². The molecule has 0 spiro atoms. The molecular formula is C23H27N3O5S. The molecular weight excluding hydrogens is 430 g/mol. The van der Waals surface area contributed by atoms with E-state index in [1.165, 1.54) is 25.6 Å². The van der Waals surface area contributed by atoms with Crippen LogP contribution in [0.4, 0.5) is 10.9 Å². The third-order valence-electron chi connectivity index (χ3n) is 5.59. The lowest BCUT2D eigenvalue weighted by molar-refractivity contribution is 0.104. The van der Waals surface area contributed by atoms with E-state index in [1.54, 1.807) is 0 Å². The zero-order valence-electron chi connectivity index (χ0n) is 18.3. The summed E-state index contributed by atoms with van der Waals surface area (Å²) in [5.41, 5.74) is 14.4. The Morgan fingerprint density at radius 2 is 1.88 bits per heavy atom. The van der Waals surface area contributed by atoms with E-state index >= 15 is 0 Å². The third-order valence-corrected chi connectivity index (χ3v) is 6.49. The number of nitrogens with zero attached hydrogens (tertiary/aromatic N) is 1. The number of rotatable bonds is 7. The molecule has 3 aromatic rings. The molecule has 0 bridgehead atoms. The number of benzene rings is 2. The maximum atomic E-state index is 10.4. The number of thiazole rings is 1. The molecule has 4 rings (SSSR count). The minimum absolute atomic E-state index is 0.0873. The Morgan fingerprint density at radius 1 is 1.16 bits per heavy atom. The summed E-state index contributed by atoms with van der Waals surface area (Å²) >= 11 is 1.40. The van der Waals surface area contributed by atoms with Crippen molar-refractivity contribution in [2.45, 2.75) is 32.3 Å². The van der Waals surface area contributed by atoms with Crippen LogP contribution in [0.15, 0.2) is 24.3 Å². The van der Waals surface area contributed by atoms with Crippen LogP contribution in [0.3, 0.4) is 0 Å². The molecule has 1 aliphatic rings. The number of nitrogens with two attached hydrogens (primary N) is 2. The van der Waals surface area contributed by atoms with Crippen molar-refractivity contribution in [3.05, 3.63) is 45.8 Å². The van der Waals surface area contributed by atoms with Gasteiger partial charge >= 0.3 is 0 Å². The van der Waals surface area contributed by atoms with E-state index in [0.29, 0.717) is 35.5 Å². The number of fused-ring (bicyclic) bond motifs is 1. The Balaban J connectivity index is 1.41. The molecule has 0 saturated heterocycles. The molecule has 1 aliphatic heterocycles. The second kappa shape index (κ2) is 9.04. The van der Waals surface area contributed by atoms with Crippen LogP contribution >= 0.6 is 11.3 Å². The van der Waals surface area contributed by atoms with Gasteiger partial charge in [0.05, 0.1) is 19.1 Å². The number of aromatic nitrogens is 1. The van der Waals surface area contributed by atoms with Gasteiger partial charge in [-0.05, 0) is 37.5 Å². The van der Waals surface area contributed by atoms with E-state index in [1.807, 2.05) is 31.2 Å². The Bertz CT molecular complexity index is 1110. The number of ether oxygens (including phenoxy) is 4. The molecule has 2 heterocycles. The van der Waals surface area contributed by atoms with Crippen molar-refractivity contribution in [2.75, 3.05) is 32.3 Å². The summed E-state index contributed by atoms with van der Waals surface area (Å²) < 4.78 is 23.0. The van der Waals surface area contributed by atoms with E-state index in [4.69, 9.17) is 30.4 Å². The van der Waals surface area contributed by atoms with Crippen molar-refractivity contribution in [1.29, 1.82) is 0 Å². The van der Waals surface area contributed by atoms with Crippen LogP contribution in [-0.4, -0.2) is 37.0 Å². The van der Waals surface area contributed by atoms with Crippen molar-refractivity contribution < 1.29 is 24.1 Å². The summed E-state index contributed by atoms with van der Waals surface area (Å²) in [6, 6.07) is 7.86. The number of phenols is 1. The molecule has 1 unspecified atom stereocenters. The smallest absolute Gasteiger partial charge is 0.207 e. The van der Waals surface area contributed by atoms with Crippen molar-refractivity contribution in [1.82, 2.24) is 4.98 Å². The largest absolute Gasteiger partial charge is 0.504 e. The van der Waals surface area contributed by atoms with E-state index in [0.717, 1.165) is 40.2 Å². The first kappa shape index (κ1) is 21.9. The van der Waals surface area contributed by atoms with Gasteiger partial charge in [0.25, 0.3) is 0 Å². The van der Waals surface area contributed by atoms with Gasteiger partial charge in [0, 0.05) is 17.5 Å². The molecule has 1 aromatic heterocycles. The quantitative estimate of drug-likeness (QED) is 0.491. The molecule has 32 heavy (non-hydrogen) atoms. The molecule has 9 heteroatoms. The van der Waals surface area contributed by atoms with Crippen molar-refractivity contribution in [3.63, 3.8) is 0 Å². The van der Waals surface area contributed by atoms with Gasteiger partial charge in [-0.2, -0.15) is 0 Å². The topological polar surface area (TPSA) is 122 Å². The lowest BCUT2D eigenvalue weighted by Gasteiger charge is -2.29. The molecule has 0 amide bonds. The van der Waals surface area contributed by atoms with Crippen LogP contribution in [0.5, 0.6) is 28.7 Å². The number of hydrogen-bond acceptors (Lipinski definition) is 9. The summed E-state index contributed by atoms with van der Waals surface area (Å²) in [6.07, 6.45) is 2.05. The van der Waals surface area contributed by atoms with Crippen LogP contribution in [0.1, 0.15) is 28.0 Å². The van der Waals surface area contributed by atoms with Gasteiger partial charge in [0.15, 0.2) is 16.6 Å². The fraction of sp³-hybridized carbons (Fsp3) is 0.348. The van der Waals surface area contributed by atoms with E-state index in [2.05, 4.69) is 4.98 Å². The van der Waals surface area contributed by atoms with Gasteiger partial charge in [-0.3, -0.25) is 0 Å². The second-order valence-electron chi connectivity index (χ2n) is 7.62. The van der Waals surface area contributed by atoms with Gasteiger partial charge in [-0.25, -0.2) is 4.98 Å². The Morgan fingerprint density at radius 3 is 2.50 bits per heavy atom. The first-order valence-corrected chi connectivity index (χ1v) is 11.1. The highest BCUT2D eigenvalue weighted by Gasteiger charge is 2.30. The number of anilines is 2. The van der Waals surface area contributed by atoms with E-state index < -0.39 is 0 Å². The zero-order valence-corrected chi connectivity index (χ0v) is 19.1. The maximum absolute atomic E-state index is 10.4. The van der Waals surface area contributed by atoms with Crippen LogP contribution in [0.2, 0.25) is 0 Å². The summed E-state index contributed by atoms with van der Waals surface area (Å²) in [6.45, 7) is 2.24. The predicted octanol–water partition coefficient (Wildman–Crippen LogP) is 3.70. The molecule has 5 N–H and O–H groups in total. The molecule has 0 radical (unpaired) electrons. The van der Waals surface area contributed by atoms with Gasteiger partial charge in [-0.15, -0.1) is 0 Å². The number of nitrogen functional groups attached to an aromatic ring is 2. The molecule has 170 valence electrons. The standard InChI is InChI=1S/C23H27N3O5S/c1-12-16-9-8-15(31-19(16)21(29-3)20(28-2)18(12)27)11-30-14-6-4-13(5-7-14)10-17-22(24)26-23(25)32-17/h4-7,15,27H,8-11,24H2,1-3H3,(H2,25,26). The molecule has 2 aromatic carbocycles. The van der Waals surface area contributed by atoms with Gasteiger partial charge < -0.3 is 35.5 Å². The Hall–Kier alpha value is -3.33. The summed E-state index contributed by atoms with van der Waals surface area (Å²) in [5.74, 6) is 2.62. The second-order valence-corrected chi connectivity index (χ2v) is 8.73. The number of hydrogen-bond donors (Lipinski definition) is 3. The normalized spacial score (nSPS) is 15.0. The fourth-order valence-corrected chi connectivity index (χ4v) is 4.65. The molecule has 0 aliphatic carbocycles. The van der Waals surface area contributed by atoms with Gasteiger partial charge in [0.2, 0.25) is 11.5 Å². The van der Waals surface area contributed by atoms with Gasteiger partial charge in [0.1, 0.15) is 24.3 Å². The van der Waals surface area contributed by atoms with Crippen LogP contribution in [-0.2, 0) is 12.8 Å². The zero-order chi connectivity index (χ0) is 22.8. The number of methoxy groups -OCH3 is 2. The highest BCUT2D eigenvalue weighted by Crippen LogP contribution is 2.51. The maximum Gasteiger partial charge on any atom is 0.207 e. The molecule has 8 nitrogen and oxygen atoms in total. The predicted molar refractivity (Wildman–Crippen MR) is 124 cm³/mol. The summed E-state index contributed by atoms with van der Waals surface area (Å²) in [7, 11) is 3.03. The minimum Gasteiger partial charge on any atom is -0.504 e. The van der Waals surface area contributed by atoms with Crippen LogP contribution < -0.4 is 30.4 Å². The lowest BCUT2D eigenvalue weighted by atomic mass is 9.96. The van der Waals surface area contributed by atoms with Crippen molar-refractivity contribution in [2.24, 2.45) is 0 Å². The van der Waals surface area contributed by atoms with E-state index in [9.17, 15) is 5.11 Å². The SMILES string of the molecule is COc1c(O)c(C)c2c(c1OC)OC(COc1ccc(Cc3sc(N)nc3N)cc1)CC2. The molecule has 0 fully saturated rings. The van der Waals surface area contributed by atoms with Crippen molar-refractivity contribution in [3.8, 4) is 28.7 Å². The molecule has 0 saturated carbocycles. The average Bonchev–Trinajstić information content (AvgIpc) is 3.11. The Labute approximate surface area is 190 Å². The fourth-order valence-electron chi connectivity index (χ4n) is 3.87. The minimum atomic E-state index is -0.148. The monoisotopic (exact) mass is 457 g/mol. The van der Waals surface area contributed by atoms with Crippen LogP contribution in [0, 0.1) is 6.92 Å². The number of aromatic hydroxyl groups is 1. The first-order valence-electron chi connectivity index (χ1n) is 10.3.